The molecule has 0 bridgehead atoms. The highest BCUT2D eigenvalue weighted by molar-refractivity contribution is 5.79. The van der Waals surface area contributed by atoms with Crippen molar-refractivity contribution in [3.63, 3.8) is 0 Å². The number of aromatic nitrogens is 1. The summed E-state index contributed by atoms with van der Waals surface area (Å²) in [5.41, 5.74) is 1.70. The topological polar surface area (TPSA) is 33.1 Å². The van der Waals surface area contributed by atoms with Crippen molar-refractivity contribution in [2.75, 3.05) is 0 Å². The number of hydrogen-bond donors (Lipinski definition) is 1. The van der Waals surface area contributed by atoms with Crippen LogP contribution >= 0.6 is 0 Å². The molecule has 1 N–H and O–H groups in total. The number of pyridine rings is 1. The summed E-state index contributed by atoms with van der Waals surface area (Å²) in [6.45, 7) is 1.99. The summed E-state index contributed by atoms with van der Waals surface area (Å²) in [5.74, 6) is 0. The molecule has 1 unspecified atom stereocenters. The van der Waals surface area contributed by atoms with E-state index in [-0.39, 0.29) is 0 Å². The van der Waals surface area contributed by atoms with Crippen molar-refractivity contribution < 1.29 is 5.11 Å². The standard InChI is InChI=1S/C18H17NO/c1-2-18(20,15-9-4-3-5-10-15)16-12-14-8-6-7-11-17(14)19-13-16/h3-13,20H,2H2,1H3. The highest BCUT2D eigenvalue weighted by atomic mass is 16.3. The lowest BCUT2D eigenvalue weighted by atomic mass is 9.84. The molecule has 100 valence electrons. The molecule has 3 aromatic rings. The van der Waals surface area contributed by atoms with E-state index in [1.807, 2.05) is 67.6 Å². The van der Waals surface area contributed by atoms with E-state index < -0.39 is 5.60 Å². The van der Waals surface area contributed by atoms with Crippen LogP contribution in [0.3, 0.4) is 0 Å². The Morgan fingerprint density at radius 3 is 2.40 bits per heavy atom. The van der Waals surface area contributed by atoms with Crippen LogP contribution in [0.4, 0.5) is 0 Å². The van der Waals surface area contributed by atoms with Gasteiger partial charge in [0.25, 0.3) is 0 Å². The van der Waals surface area contributed by atoms with Crippen molar-refractivity contribution in [3.05, 3.63) is 78.0 Å². The fraction of sp³-hybridized carbons (Fsp3) is 0.167. The molecule has 0 fully saturated rings. The number of aliphatic hydroxyl groups is 1. The van der Waals surface area contributed by atoms with Gasteiger partial charge in [0.2, 0.25) is 0 Å². The van der Waals surface area contributed by atoms with Gasteiger partial charge in [-0.05, 0) is 24.1 Å². The van der Waals surface area contributed by atoms with Crippen LogP contribution in [0, 0.1) is 0 Å². The molecular formula is C18H17NO. The van der Waals surface area contributed by atoms with E-state index in [0.717, 1.165) is 22.0 Å². The van der Waals surface area contributed by atoms with Crippen LogP contribution in [0.2, 0.25) is 0 Å². The minimum Gasteiger partial charge on any atom is -0.380 e. The van der Waals surface area contributed by atoms with Crippen LogP contribution in [-0.2, 0) is 5.60 Å². The van der Waals surface area contributed by atoms with E-state index in [1.165, 1.54) is 0 Å². The fourth-order valence-corrected chi connectivity index (χ4v) is 2.59. The second-order valence-electron chi connectivity index (χ2n) is 5.00. The molecule has 1 heterocycles. The third-order valence-corrected chi connectivity index (χ3v) is 3.83. The summed E-state index contributed by atoms with van der Waals surface area (Å²) in [6.07, 6.45) is 2.38. The maximum atomic E-state index is 11.1. The van der Waals surface area contributed by atoms with Crippen molar-refractivity contribution in [2.45, 2.75) is 18.9 Å². The zero-order valence-electron chi connectivity index (χ0n) is 11.5. The highest BCUT2D eigenvalue weighted by Gasteiger charge is 2.29. The van der Waals surface area contributed by atoms with Crippen LogP contribution in [-0.4, -0.2) is 10.1 Å². The Balaban J connectivity index is 2.16. The average Bonchev–Trinajstić information content (AvgIpc) is 2.54. The van der Waals surface area contributed by atoms with Gasteiger partial charge in [-0.15, -0.1) is 0 Å². The first-order valence-corrected chi connectivity index (χ1v) is 6.87. The van der Waals surface area contributed by atoms with Crippen molar-refractivity contribution in [1.82, 2.24) is 4.98 Å². The van der Waals surface area contributed by atoms with Crippen molar-refractivity contribution in [3.8, 4) is 0 Å². The predicted molar refractivity (Wildman–Crippen MR) is 81.5 cm³/mol. The lowest BCUT2D eigenvalue weighted by Crippen LogP contribution is -2.26. The van der Waals surface area contributed by atoms with E-state index in [4.69, 9.17) is 0 Å². The monoisotopic (exact) mass is 263 g/mol. The maximum Gasteiger partial charge on any atom is 0.116 e. The van der Waals surface area contributed by atoms with Crippen LogP contribution < -0.4 is 0 Å². The molecule has 0 saturated heterocycles. The second-order valence-corrected chi connectivity index (χ2v) is 5.00. The maximum absolute atomic E-state index is 11.1. The zero-order chi connectivity index (χ0) is 14.0. The largest absolute Gasteiger partial charge is 0.380 e. The SMILES string of the molecule is CCC(O)(c1ccccc1)c1cnc2ccccc2c1. The number of benzene rings is 2. The Hall–Kier alpha value is -2.19. The van der Waals surface area contributed by atoms with Crippen LogP contribution in [0.25, 0.3) is 10.9 Å². The van der Waals surface area contributed by atoms with Gasteiger partial charge in [-0.1, -0.05) is 55.5 Å². The molecule has 0 saturated carbocycles. The van der Waals surface area contributed by atoms with Gasteiger partial charge < -0.3 is 5.11 Å². The Labute approximate surface area is 118 Å². The summed E-state index contributed by atoms with van der Waals surface area (Å²) < 4.78 is 0. The van der Waals surface area contributed by atoms with E-state index in [2.05, 4.69) is 4.98 Å². The molecule has 20 heavy (non-hydrogen) atoms. The summed E-state index contributed by atoms with van der Waals surface area (Å²) >= 11 is 0. The Bertz CT molecular complexity index is 724. The number of para-hydroxylation sites is 1. The lowest BCUT2D eigenvalue weighted by Gasteiger charge is -2.28. The van der Waals surface area contributed by atoms with Crippen molar-refractivity contribution in [2.24, 2.45) is 0 Å². The first kappa shape index (κ1) is 12.8. The van der Waals surface area contributed by atoms with Crippen LogP contribution in [0.1, 0.15) is 24.5 Å². The van der Waals surface area contributed by atoms with Gasteiger partial charge in [0.15, 0.2) is 0 Å². The first-order chi connectivity index (χ1) is 9.74. The normalized spacial score (nSPS) is 14.1. The Morgan fingerprint density at radius 2 is 1.65 bits per heavy atom. The van der Waals surface area contributed by atoms with Crippen molar-refractivity contribution in [1.29, 1.82) is 0 Å². The number of hydrogen-bond acceptors (Lipinski definition) is 2. The summed E-state index contributed by atoms with van der Waals surface area (Å²) in [4.78, 5) is 4.46. The third-order valence-electron chi connectivity index (χ3n) is 3.83. The molecule has 2 aromatic carbocycles. The van der Waals surface area contributed by atoms with Gasteiger partial charge in [-0.2, -0.15) is 0 Å². The smallest absolute Gasteiger partial charge is 0.116 e. The summed E-state index contributed by atoms with van der Waals surface area (Å²) in [5, 5.41) is 12.1. The zero-order valence-corrected chi connectivity index (χ0v) is 11.5. The number of nitrogens with zero attached hydrogens (tertiary/aromatic N) is 1. The number of rotatable bonds is 3. The van der Waals surface area contributed by atoms with E-state index in [1.54, 1.807) is 6.20 Å². The summed E-state index contributed by atoms with van der Waals surface area (Å²) in [7, 11) is 0. The Morgan fingerprint density at radius 1 is 0.950 bits per heavy atom. The van der Waals surface area contributed by atoms with Gasteiger partial charge in [0, 0.05) is 17.1 Å². The molecule has 0 aliphatic carbocycles. The molecule has 0 amide bonds. The first-order valence-electron chi connectivity index (χ1n) is 6.87. The predicted octanol–water partition coefficient (Wildman–Crippen LogP) is 3.88. The summed E-state index contributed by atoms with van der Waals surface area (Å²) in [6, 6.07) is 19.8. The molecule has 1 atom stereocenters. The van der Waals surface area contributed by atoms with Crippen LogP contribution in [0.5, 0.6) is 0 Å². The fourth-order valence-electron chi connectivity index (χ4n) is 2.59. The highest BCUT2D eigenvalue weighted by Crippen LogP contribution is 2.33. The lowest BCUT2D eigenvalue weighted by molar-refractivity contribution is 0.0763. The van der Waals surface area contributed by atoms with Gasteiger partial charge in [-0.25, -0.2) is 0 Å². The number of fused-ring (bicyclic) bond motifs is 1. The third kappa shape index (κ3) is 2.08. The second kappa shape index (κ2) is 5.06. The molecule has 0 radical (unpaired) electrons. The van der Waals surface area contributed by atoms with Crippen molar-refractivity contribution >= 4 is 10.9 Å². The quantitative estimate of drug-likeness (QED) is 0.778. The minimum absolute atomic E-state index is 0.608. The molecule has 0 spiro atoms. The van der Waals surface area contributed by atoms with Crippen LogP contribution in [0.15, 0.2) is 66.9 Å². The van der Waals surface area contributed by atoms with Gasteiger partial charge in [-0.3, -0.25) is 4.98 Å². The minimum atomic E-state index is -0.988. The molecule has 1 aromatic heterocycles. The van der Waals surface area contributed by atoms with E-state index in [9.17, 15) is 5.11 Å². The van der Waals surface area contributed by atoms with E-state index in [0.29, 0.717) is 6.42 Å². The molecule has 3 rings (SSSR count). The average molecular weight is 263 g/mol. The molecule has 0 aliphatic heterocycles. The van der Waals surface area contributed by atoms with Gasteiger partial charge in [0.1, 0.15) is 5.60 Å². The molecule has 2 heteroatoms. The molecule has 2 nitrogen and oxygen atoms in total. The van der Waals surface area contributed by atoms with Gasteiger partial charge in [0.05, 0.1) is 5.52 Å². The molecule has 0 aliphatic rings. The van der Waals surface area contributed by atoms with Gasteiger partial charge >= 0.3 is 0 Å². The molecular weight excluding hydrogens is 246 g/mol. The Kier molecular flexibility index (Phi) is 3.25. The van der Waals surface area contributed by atoms with E-state index >= 15 is 0 Å².